The van der Waals surface area contributed by atoms with Crippen LogP contribution in [-0.4, -0.2) is 54.2 Å². The molecule has 144 valence electrons. The molecule has 0 aliphatic carbocycles. The van der Waals surface area contributed by atoms with Crippen LogP contribution in [0.5, 0.6) is 0 Å². The monoisotopic (exact) mass is 356 g/mol. The van der Waals surface area contributed by atoms with Crippen LogP contribution in [0.3, 0.4) is 0 Å². The Balaban J connectivity index is 4.71. The number of amides is 2. The Morgan fingerprint density at radius 1 is 1.24 bits per heavy atom. The van der Waals surface area contributed by atoms with Crippen LogP contribution >= 0.6 is 0 Å². The van der Waals surface area contributed by atoms with Crippen LogP contribution in [0.2, 0.25) is 0 Å². The molecule has 0 spiro atoms. The molecule has 1 unspecified atom stereocenters. The highest BCUT2D eigenvalue weighted by atomic mass is 16.6. The number of carbonyl (C=O) groups is 3. The summed E-state index contributed by atoms with van der Waals surface area (Å²) in [5, 5.41) is 2.50. The molecule has 0 saturated carbocycles. The maximum atomic E-state index is 12.2. The van der Waals surface area contributed by atoms with Gasteiger partial charge >= 0.3 is 12.1 Å². The minimum absolute atomic E-state index is 0.213. The molecular weight excluding hydrogens is 324 g/mol. The summed E-state index contributed by atoms with van der Waals surface area (Å²) in [4.78, 5) is 37.8. The molecule has 25 heavy (non-hydrogen) atoms. The zero-order valence-corrected chi connectivity index (χ0v) is 16.3. The summed E-state index contributed by atoms with van der Waals surface area (Å²) in [6, 6.07) is -0.887. The van der Waals surface area contributed by atoms with Crippen molar-refractivity contribution in [3.63, 3.8) is 0 Å². The molecule has 0 aliphatic rings. The number of nitrogens with zero attached hydrogens (tertiary/aromatic N) is 1. The van der Waals surface area contributed by atoms with Crippen molar-refractivity contribution in [2.45, 2.75) is 59.6 Å². The van der Waals surface area contributed by atoms with E-state index in [9.17, 15) is 14.4 Å². The first-order valence-electron chi connectivity index (χ1n) is 8.56. The van der Waals surface area contributed by atoms with E-state index in [0.717, 1.165) is 6.42 Å². The van der Waals surface area contributed by atoms with E-state index in [0.29, 0.717) is 13.1 Å². The summed E-state index contributed by atoms with van der Waals surface area (Å²) in [5.74, 6) is -1.17. The lowest BCUT2D eigenvalue weighted by Crippen LogP contribution is -2.48. The van der Waals surface area contributed by atoms with E-state index >= 15 is 0 Å². The predicted octanol–water partition coefficient (Wildman–Crippen LogP) is 2.50. The largest absolute Gasteiger partial charge is 0.454 e. The van der Waals surface area contributed by atoms with Crippen LogP contribution in [0.4, 0.5) is 4.79 Å². The number of hydrogen-bond donors (Lipinski definition) is 1. The second-order valence-electron chi connectivity index (χ2n) is 7.10. The Hall–Kier alpha value is -2.05. The van der Waals surface area contributed by atoms with E-state index in [-0.39, 0.29) is 18.4 Å². The quantitative estimate of drug-likeness (QED) is 0.507. The SMILES string of the molecule is C=CCN(CCC)C(=O)COC(=O)C(NC(=O)OC(C)(C)C)C(C)C. The number of nitrogens with one attached hydrogen (secondary N) is 1. The third-order valence-electron chi connectivity index (χ3n) is 3.13. The summed E-state index contributed by atoms with van der Waals surface area (Å²) < 4.78 is 10.2. The molecule has 2 amide bonds. The fraction of sp³-hybridized carbons (Fsp3) is 0.722. The predicted molar refractivity (Wildman–Crippen MR) is 96.0 cm³/mol. The van der Waals surface area contributed by atoms with Gasteiger partial charge in [0.1, 0.15) is 11.6 Å². The van der Waals surface area contributed by atoms with Crippen LogP contribution in [0.1, 0.15) is 48.0 Å². The molecule has 0 saturated heterocycles. The van der Waals surface area contributed by atoms with Crippen molar-refractivity contribution in [3.8, 4) is 0 Å². The van der Waals surface area contributed by atoms with Crippen molar-refractivity contribution in [3.05, 3.63) is 12.7 Å². The van der Waals surface area contributed by atoms with Gasteiger partial charge in [0.15, 0.2) is 6.61 Å². The molecule has 0 rings (SSSR count). The molecule has 0 aromatic carbocycles. The molecule has 1 atom stereocenters. The van der Waals surface area contributed by atoms with Gasteiger partial charge in [-0.15, -0.1) is 6.58 Å². The van der Waals surface area contributed by atoms with Crippen LogP contribution in [0, 0.1) is 5.92 Å². The first-order valence-corrected chi connectivity index (χ1v) is 8.56. The lowest BCUT2D eigenvalue weighted by molar-refractivity contribution is -0.154. The highest BCUT2D eigenvalue weighted by Crippen LogP contribution is 2.10. The molecule has 1 N–H and O–H groups in total. The van der Waals surface area contributed by atoms with Crippen molar-refractivity contribution in [1.82, 2.24) is 10.2 Å². The van der Waals surface area contributed by atoms with E-state index in [2.05, 4.69) is 11.9 Å². The van der Waals surface area contributed by atoms with Gasteiger partial charge in [-0.2, -0.15) is 0 Å². The third kappa shape index (κ3) is 9.74. The minimum atomic E-state index is -0.887. The van der Waals surface area contributed by atoms with E-state index < -0.39 is 23.7 Å². The first kappa shape index (κ1) is 22.9. The molecule has 0 radical (unpaired) electrons. The van der Waals surface area contributed by atoms with Crippen molar-refractivity contribution < 1.29 is 23.9 Å². The molecule has 0 aliphatic heterocycles. The van der Waals surface area contributed by atoms with Crippen LogP contribution in [0.25, 0.3) is 0 Å². The third-order valence-corrected chi connectivity index (χ3v) is 3.13. The van der Waals surface area contributed by atoms with E-state index in [1.807, 2.05) is 6.92 Å². The highest BCUT2D eigenvalue weighted by Gasteiger charge is 2.29. The number of carbonyl (C=O) groups excluding carboxylic acids is 3. The maximum absolute atomic E-state index is 12.2. The fourth-order valence-electron chi connectivity index (χ4n) is 1.99. The van der Waals surface area contributed by atoms with Crippen LogP contribution < -0.4 is 5.32 Å². The maximum Gasteiger partial charge on any atom is 0.408 e. The molecule has 7 nitrogen and oxygen atoms in total. The Kier molecular flexibility index (Phi) is 9.86. The standard InChI is InChI=1S/C18H32N2O5/c1-8-10-20(11-9-2)14(21)12-24-16(22)15(13(3)4)19-17(23)25-18(5,6)7/h8,13,15H,1,9-12H2,2-7H3,(H,19,23). The van der Waals surface area contributed by atoms with Gasteiger partial charge in [0.25, 0.3) is 5.91 Å². The Morgan fingerprint density at radius 2 is 1.84 bits per heavy atom. The second-order valence-corrected chi connectivity index (χ2v) is 7.10. The number of hydrogen-bond acceptors (Lipinski definition) is 5. The van der Waals surface area contributed by atoms with Gasteiger partial charge in [0.2, 0.25) is 0 Å². The lowest BCUT2D eigenvalue weighted by Gasteiger charge is -2.25. The van der Waals surface area contributed by atoms with Gasteiger partial charge in [-0.25, -0.2) is 9.59 Å². The molecular formula is C18H32N2O5. The van der Waals surface area contributed by atoms with Crippen molar-refractivity contribution in [2.24, 2.45) is 5.92 Å². The number of alkyl carbamates (subject to hydrolysis) is 1. The summed E-state index contributed by atoms with van der Waals surface area (Å²) >= 11 is 0. The van der Waals surface area contributed by atoms with Crippen molar-refractivity contribution in [2.75, 3.05) is 19.7 Å². The van der Waals surface area contributed by atoms with Crippen molar-refractivity contribution >= 4 is 18.0 Å². The van der Waals surface area contributed by atoms with E-state index in [1.165, 1.54) is 0 Å². The second kappa shape index (κ2) is 10.7. The molecule has 0 fully saturated rings. The van der Waals surface area contributed by atoms with E-state index in [4.69, 9.17) is 9.47 Å². The molecule has 0 bridgehead atoms. The fourth-order valence-corrected chi connectivity index (χ4v) is 1.99. The van der Waals surface area contributed by atoms with E-state index in [1.54, 1.807) is 45.6 Å². The first-order chi connectivity index (χ1) is 11.5. The number of esters is 1. The van der Waals surface area contributed by atoms with Gasteiger partial charge in [-0.05, 0) is 33.1 Å². The zero-order chi connectivity index (χ0) is 19.6. The summed E-state index contributed by atoms with van der Waals surface area (Å²) in [6.07, 6.45) is 1.72. The number of ether oxygens (including phenoxy) is 2. The summed E-state index contributed by atoms with van der Waals surface area (Å²) in [6.45, 7) is 14.9. The van der Waals surface area contributed by atoms with Crippen LogP contribution in [-0.2, 0) is 19.1 Å². The Morgan fingerprint density at radius 3 is 2.28 bits per heavy atom. The van der Waals surface area contributed by atoms with Gasteiger partial charge in [-0.1, -0.05) is 26.8 Å². The van der Waals surface area contributed by atoms with Gasteiger partial charge in [0, 0.05) is 13.1 Å². The smallest absolute Gasteiger partial charge is 0.408 e. The molecule has 0 aromatic heterocycles. The van der Waals surface area contributed by atoms with Gasteiger partial charge in [-0.3, -0.25) is 4.79 Å². The van der Waals surface area contributed by atoms with Crippen molar-refractivity contribution in [1.29, 1.82) is 0 Å². The minimum Gasteiger partial charge on any atom is -0.454 e. The van der Waals surface area contributed by atoms with Crippen LogP contribution in [0.15, 0.2) is 12.7 Å². The molecule has 0 heterocycles. The summed E-state index contributed by atoms with van der Waals surface area (Å²) in [7, 11) is 0. The Bertz CT molecular complexity index is 469. The summed E-state index contributed by atoms with van der Waals surface area (Å²) in [5.41, 5.74) is -0.670. The average Bonchev–Trinajstić information content (AvgIpc) is 2.47. The van der Waals surface area contributed by atoms with Gasteiger partial charge in [0.05, 0.1) is 0 Å². The topological polar surface area (TPSA) is 84.9 Å². The molecule has 7 heteroatoms. The Labute approximate surface area is 150 Å². The highest BCUT2D eigenvalue weighted by molar-refractivity contribution is 5.85. The molecule has 0 aromatic rings. The normalized spacial score (nSPS) is 12.3. The lowest BCUT2D eigenvalue weighted by atomic mass is 10.1. The number of rotatable bonds is 9. The zero-order valence-electron chi connectivity index (χ0n) is 16.3. The van der Waals surface area contributed by atoms with Gasteiger partial charge < -0.3 is 19.7 Å². The average molecular weight is 356 g/mol.